The molecule has 1 aliphatic rings. The highest BCUT2D eigenvalue weighted by atomic mass is 35.5. The first-order valence-corrected chi connectivity index (χ1v) is 7.44. The molecule has 1 aliphatic heterocycles. The second-order valence-corrected chi connectivity index (χ2v) is 5.97. The third kappa shape index (κ3) is 2.75. The molecule has 0 saturated carbocycles. The van der Waals surface area contributed by atoms with Gasteiger partial charge >= 0.3 is 0 Å². The van der Waals surface area contributed by atoms with Crippen LogP contribution in [0.15, 0.2) is 18.2 Å². The first-order valence-electron chi connectivity index (χ1n) is 7.01. The second-order valence-electron chi connectivity index (χ2n) is 5.50. The number of hydrogen-bond acceptors (Lipinski definition) is 3. The van der Waals surface area contributed by atoms with Crippen LogP contribution in [0.4, 0.5) is 0 Å². The van der Waals surface area contributed by atoms with Crippen molar-refractivity contribution in [3.05, 3.63) is 23.8 Å². The largest absolute Gasteiger partial charge is 0.493 e. The molecule has 0 bridgehead atoms. The summed E-state index contributed by atoms with van der Waals surface area (Å²) in [6.45, 7) is 6.41. The molecule has 1 fully saturated rings. The molecule has 0 amide bonds. The Labute approximate surface area is 126 Å². The lowest BCUT2D eigenvalue weighted by molar-refractivity contribution is 0.0508. The number of halogens is 1. The Bertz CT molecular complexity index is 463. The van der Waals surface area contributed by atoms with Crippen molar-refractivity contribution in [3.63, 3.8) is 0 Å². The third-order valence-electron chi connectivity index (χ3n) is 4.38. The maximum Gasteiger partial charge on any atom is 0.161 e. The molecule has 1 saturated heterocycles. The first-order chi connectivity index (χ1) is 9.49. The molecule has 0 aromatic heterocycles. The minimum atomic E-state index is -0.0928. The summed E-state index contributed by atoms with van der Waals surface area (Å²) in [4.78, 5) is 0. The van der Waals surface area contributed by atoms with E-state index in [0.717, 1.165) is 11.3 Å². The van der Waals surface area contributed by atoms with Crippen molar-refractivity contribution in [1.82, 2.24) is 0 Å². The highest BCUT2D eigenvalue weighted by molar-refractivity contribution is 6.21. The molecule has 1 heterocycles. The van der Waals surface area contributed by atoms with Crippen LogP contribution in [-0.4, -0.2) is 26.4 Å². The SMILES string of the molecule is COc1ccc(C(Cl)C2C(C)OC(C)C2C)cc1OC. The highest BCUT2D eigenvalue weighted by Gasteiger charge is 2.41. The van der Waals surface area contributed by atoms with Crippen LogP contribution in [0.5, 0.6) is 11.5 Å². The van der Waals surface area contributed by atoms with Gasteiger partial charge in [-0.1, -0.05) is 13.0 Å². The molecular formula is C16H23ClO3. The summed E-state index contributed by atoms with van der Waals surface area (Å²) in [6.07, 6.45) is 0.409. The van der Waals surface area contributed by atoms with Gasteiger partial charge in [0.05, 0.1) is 31.8 Å². The maximum absolute atomic E-state index is 6.72. The Morgan fingerprint density at radius 1 is 1.05 bits per heavy atom. The fraction of sp³-hybridized carbons (Fsp3) is 0.625. The van der Waals surface area contributed by atoms with Crippen LogP contribution in [0.3, 0.4) is 0 Å². The normalized spacial score (nSPS) is 31.1. The topological polar surface area (TPSA) is 27.7 Å². The van der Waals surface area contributed by atoms with Crippen molar-refractivity contribution in [1.29, 1.82) is 0 Å². The van der Waals surface area contributed by atoms with E-state index in [1.807, 2.05) is 18.2 Å². The lowest BCUT2D eigenvalue weighted by Gasteiger charge is -2.25. The smallest absolute Gasteiger partial charge is 0.161 e. The van der Waals surface area contributed by atoms with E-state index >= 15 is 0 Å². The summed E-state index contributed by atoms with van der Waals surface area (Å²) in [5.74, 6) is 2.16. The summed E-state index contributed by atoms with van der Waals surface area (Å²) in [5.41, 5.74) is 1.05. The van der Waals surface area contributed by atoms with Crippen LogP contribution in [0.1, 0.15) is 31.7 Å². The van der Waals surface area contributed by atoms with Gasteiger partial charge in [0, 0.05) is 5.92 Å². The average molecular weight is 299 g/mol. The molecule has 0 spiro atoms. The molecule has 5 atom stereocenters. The van der Waals surface area contributed by atoms with Crippen LogP contribution >= 0.6 is 11.6 Å². The molecule has 2 rings (SSSR count). The Hall–Kier alpha value is -0.930. The van der Waals surface area contributed by atoms with Gasteiger partial charge in [-0.3, -0.25) is 0 Å². The molecule has 112 valence electrons. The monoisotopic (exact) mass is 298 g/mol. The van der Waals surface area contributed by atoms with Crippen LogP contribution in [0.2, 0.25) is 0 Å². The lowest BCUT2D eigenvalue weighted by atomic mass is 9.84. The third-order valence-corrected chi connectivity index (χ3v) is 4.93. The van der Waals surface area contributed by atoms with Gasteiger partial charge in [-0.05, 0) is 37.5 Å². The molecule has 20 heavy (non-hydrogen) atoms. The zero-order valence-electron chi connectivity index (χ0n) is 12.7. The molecule has 3 nitrogen and oxygen atoms in total. The predicted molar refractivity (Wildman–Crippen MR) is 80.8 cm³/mol. The van der Waals surface area contributed by atoms with Gasteiger partial charge in [-0.15, -0.1) is 11.6 Å². The van der Waals surface area contributed by atoms with E-state index in [0.29, 0.717) is 17.6 Å². The van der Waals surface area contributed by atoms with Gasteiger partial charge in [-0.2, -0.15) is 0 Å². The van der Waals surface area contributed by atoms with Crippen LogP contribution in [0.25, 0.3) is 0 Å². The van der Waals surface area contributed by atoms with Crippen LogP contribution in [-0.2, 0) is 4.74 Å². The highest BCUT2D eigenvalue weighted by Crippen LogP contribution is 2.45. The average Bonchev–Trinajstić information content (AvgIpc) is 2.70. The Morgan fingerprint density at radius 3 is 2.20 bits per heavy atom. The minimum Gasteiger partial charge on any atom is -0.493 e. The van der Waals surface area contributed by atoms with Crippen LogP contribution < -0.4 is 9.47 Å². The summed E-state index contributed by atoms with van der Waals surface area (Å²) >= 11 is 6.72. The maximum atomic E-state index is 6.72. The number of methoxy groups -OCH3 is 2. The van der Waals surface area contributed by atoms with E-state index in [2.05, 4.69) is 20.8 Å². The summed E-state index contributed by atoms with van der Waals surface area (Å²) in [6, 6.07) is 5.86. The summed E-state index contributed by atoms with van der Waals surface area (Å²) in [7, 11) is 3.27. The van der Waals surface area contributed by atoms with Gasteiger partial charge in [0.15, 0.2) is 11.5 Å². The number of benzene rings is 1. The van der Waals surface area contributed by atoms with Gasteiger partial charge in [0.25, 0.3) is 0 Å². The quantitative estimate of drug-likeness (QED) is 0.785. The van der Waals surface area contributed by atoms with E-state index in [4.69, 9.17) is 25.8 Å². The second kappa shape index (κ2) is 6.23. The minimum absolute atomic E-state index is 0.0928. The van der Waals surface area contributed by atoms with Crippen molar-refractivity contribution >= 4 is 11.6 Å². The van der Waals surface area contributed by atoms with Crippen molar-refractivity contribution in [2.45, 2.75) is 38.4 Å². The summed E-state index contributed by atoms with van der Waals surface area (Å²) in [5, 5.41) is -0.0928. The molecule has 1 aromatic carbocycles. The van der Waals surface area contributed by atoms with E-state index in [-0.39, 0.29) is 17.6 Å². The van der Waals surface area contributed by atoms with Crippen molar-refractivity contribution in [2.24, 2.45) is 11.8 Å². The van der Waals surface area contributed by atoms with E-state index in [1.165, 1.54) is 0 Å². The van der Waals surface area contributed by atoms with Gasteiger partial charge in [0.2, 0.25) is 0 Å². The van der Waals surface area contributed by atoms with E-state index in [1.54, 1.807) is 14.2 Å². The van der Waals surface area contributed by atoms with Crippen molar-refractivity contribution in [3.8, 4) is 11.5 Å². The summed E-state index contributed by atoms with van der Waals surface area (Å²) < 4.78 is 16.5. The zero-order chi connectivity index (χ0) is 14.9. The predicted octanol–water partition coefficient (Wildman–Crippen LogP) is 4.04. The Kier molecular flexibility index (Phi) is 4.82. The molecule has 0 radical (unpaired) electrons. The van der Waals surface area contributed by atoms with Crippen LogP contribution in [0, 0.1) is 11.8 Å². The van der Waals surface area contributed by atoms with E-state index in [9.17, 15) is 0 Å². The Morgan fingerprint density at radius 2 is 1.70 bits per heavy atom. The number of ether oxygens (including phenoxy) is 3. The molecule has 0 N–H and O–H groups in total. The number of hydrogen-bond donors (Lipinski definition) is 0. The molecule has 5 unspecified atom stereocenters. The van der Waals surface area contributed by atoms with Gasteiger partial charge < -0.3 is 14.2 Å². The molecule has 4 heteroatoms. The van der Waals surface area contributed by atoms with Gasteiger partial charge in [-0.25, -0.2) is 0 Å². The van der Waals surface area contributed by atoms with Crippen molar-refractivity contribution in [2.75, 3.05) is 14.2 Å². The first kappa shape index (κ1) is 15.5. The zero-order valence-corrected chi connectivity index (χ0v) is 13.5. The van der Waals surface area contributed by atoms with Crippen molar-refractivity contribution < 1.29 is 14.2 Å². The Balaban J connectivity index is 2.27. The van der Waals surface area contributed by atoms with Gasteiger partial charge in [0.1, 0.15) is 0 Å². The number of alkyl halides is 1. The molecular weight excluding hydrogens is 276 g/mol. The lowest BCUT2D eigenvalue weighted by Crippen LogP contribution is -2.22. The molecule has 1 aromatic rings. The fourth-order valence-corrected chi connectivity index (χ4v) is 3.61. The fourth-order valence-electron chi connectivity index (χ4n) is 3.04. The standard InChI is InChI=1S/C16H23ClO3/c1-9-10(2)20-11(3)15(9)16(17)12-6-7-13(18-4)14(8-12)19-5/h6-11,15-16H,1-5H3. The van der Waals surface area contributed by atoms with E-state index < -0.39 is 0 Å². The number of rotatable bonds is 4. The molecule has 0 aliphatic carbocycles.